The van der Waals surface area contributed by atoms with Crippen molar-refractivity contribution in [2.24, 2.45) is 0 Å². The fraction of sp³-hybridized carbons (Fsp3) is 0.625. The first-order valence-electron chi connectivity index (χ1n) is 4.31. The molecular formula is C8H13NO6S. The third kappa shape index (κ3) is 4.99. The Morgan fingerprint density at radius 3 is 2.19 bits per heavy atom. The number of carboxylic acid groups (broad SMARTS) is 2. The lowest BCUT2D eigenvalue weighted by atomic mass is 10.2. The minimum atomic E-state index is -1.35. The number of esters is 1. The first-order chi connectivity index (χ1) is 7.42. The lowest BCUT2D eigenvalue weighted by molar-refractivity contribution is -0.148. The monoisotopic (exact) mass is 251 g/mol. The van der Waals surface area contributed by atoms with Crippen LogP contribution in [0.4, 0.5) is 0 Å². The van der Waals surface area contributed by atoms with Crippen LogP contribution in [0.2, 0.25) is 0 Å². The molecule has 0 radical (unpaired) electrons. The van der Waals surface area contributed by atoms with Crippen molar-refractivity contribution in [1.29, 1.82) is 0 Å². The molecule has 0 fully saturated rings. The predicted octanol–water partition coefficient (Wildman–Crippen LogP) is -1.02. The number of nitrogens with one attached hydrogen (secondary N) is 1. The van der Waals surface area contributed by atoms with Gasteiger partial charge in [0, 0.05) is 5.75 Å². The number of carbonyl (C=O) groups excluding carboxylic acids is 1. The molecule has 8 heteroatoms. The summed E-state index contributed by atoms with van der Waals surface area (Å²) in [4.78, 5) is 32.2. The predicted molar refractivity (Wildman–Crippen MR) is 56.5 cm³/mol. The highest BCUT2D eigenvalue weighted by Gasteiger charge is 2.27. The average Bonchev–Trinajstić information content (AvgIpc) is 2.22. The van der Waals surface area contributed by atoms with Crippen LogP contribution in [0.25, 0.3) is 0 Å². The Labute approximate surface area is 97.2 Å². The van der Waals surface area contributed by atoms with Gasteiger partial charge in [-0.15, -0.1) is 0 Å². The van der Waals surface area contributed by atoms with E-state index in [0.29, 0.717) is 0 Å². The van der Waals surface area contributed by atoms with Gasteiger partial charge in [-0.25, -0.2) is 0 Å². The zero-order chi connectivity index (χ0) is 12.7. The molecule has 0 aromatic carbocycles. The van der Waals surface area contributed by atoms with Gasteiger partial charge in [-0.05, 0) is 0 Å². The van der Waals surface area contributed by atoms with E-state index < -0.39 is 36.4 Å². The van der Waals surface area contributed by atoms with Crippen LogP contribution >= 0.6 is 12.6 Å². The number of thiol groups is 1. The molecule has 0 bridgehead atoms. The van der Waals surface area contributed by atoms with Crippen LogP contribution in [-0.4, -0.2) is 53.1 Å². The number of methoxy groups -OCH3 is 1. The van der Waals surface area contributed by atoms with Gasteiger partial charge >= 0.3 is 17.9 Å². The van der Waals surface area contributed by atoms with Crippen molar-refractivity contribution in [1.82, 2.24) is 5.32 Å². The Morgan fingerprint density at radius 2 is 1.88 bits per heavy atom. The Hall–Kier alpha value is -1.28. The third-order valence-corrected chi connectivity index (χ3v) is 2.11. The van der Waals surface area contributed by atoms with Gasteiger partial charge in [0.05, 0.1) is 13.5 Å². The summed E-state index contributed by atoms with van der Waals surface area (Å²) in [5.41, 5.74) is 0. The van der Waals surface area contributed by atoms with Crippen molar-refractivity contribution in [2.45, 2.75) is 18.5 Å². The van der Waals surface area contributed by atoms with E-state index in [1.165, 1.54) is 0 Å². The summed E-state index contributed by atoms with van der Waals surface area (Å²) in [7, 11) is 1.15. The van der Waals surface area contributed by atoms with Crippen LogP contribution < -0.4 is 5.32 Å². The molecule has 0 amide bonds. The molecule has 2 atom stereocenters. The van der Waals surface area contributed by atoms with Gasteiger partial charge in [0.25, 0.3) is 0 Å². The first kappa shape index (κ1) is 14.7. The van der Waals surface area contributed by atoms with Crippen LogP contribution in [0.15, 0.2) is 0 Å². The summed E-state index contributed by atoms with van der Waals surface area (Å²) in [5.74, 6) is -3.30. The van der Waals surface area contributed by atoms with E-state index in [-0.39, 0.29) is 5.75 Å². The molecule has 0 aromatic heterocycles. The van der Waals surface area contributed by atoms with Crippen LogP contribution in [0.3, 0.4) is 0 Å². The van der Waals surface area contributed by atoms with Gasteiger partial charge in [0.15, 0.2) is 0 Å². The molecule has 16 heavy (non-hydrogen) atoms. The lowest BCUT2D eigenvalue weighted by Gasteiger charge is -2.18. The van der Waals surface area contributed by atoms with E-state index in [4.69, 9.17) is 10.2 Å². The largest absolute Gasteiger partial charge is 0.481 e. The van der Waals surface area contributed by atoms with Gasteiger partial charge < -0.3 is 14.9 Å². The fourth-order valence-corrected chi connectivity index (χ4v) is 1.23. The van der Waals surface area contributed by atoms with Crippen LogP contribution in [0.5, 0.6) is 0 Å². The van der Waals surface area contributed by atoms with Crippen molar-refractivity contribution in [3.63, 3.8) is 0 Å². The molecule has 0 aliphatic heterocycles. The van der Waals surface area contributed by atoms with Gasteiger partial charge in [-0.1, -0.05) is 0 Å². The lowest BCUT2D eigenvalue weighted by Crippen LogP contribution is -2.49. The quantitative estimate of drug-likeness (QED) is 0.338. The second-order valence-corrected chi connectivity index (χ2v) is 3.28. The number of aliphatic carboxylic acids is 2. The van der Waals surface area contributed by atoms with Crippen molar-refractivity contribution < 1.29 is 29.3 Å². The molecule has 0 rings (SSSR count). The molecule has 92 valence electrons. The Balaban J connectivity index is 4.52. The Morgan fingerprint density at radius 1 is 1.31 bits per heavy atom. The molecule has 7 nitrogen and oxygen atoms in total. The number of carboxylic acids is 2. The molecule has 1 unspecified atom stereocenters. The maximum atomic E-state index is 11.1. The van der Waals surface area contributed by atoms with E-state index in [1.807, 2.05) is 0 Å². The highest BCUT2D eigenvalue weighted by Crippen LogP contribution is 1.99. The summed E-state index contributed by atoms with van der Waals surface area (Å²) in [6.45, 7) is 0. The number of hydrogen-bond donors (Lipinski definition) is 4. The maximum absolute atomic E-state index is 11.1. The molecule has 0 heterocycles. The van der Waals surface area contributed by atoms with Gasteiger partial charge in [0.1, 0.15) is 12.1 Å². The van der Waals surface area contributed by atoms with Crippen molar-refractivity contribution in [2.75, 3.05) is 12.9 Å². The summed E-state index contributed by atoms with van der Waals surface area (Å²) in [6.07, 6.45) is -0.628. The zero-order valence-electron chi connectivity index (χ0n) is 8.54. The molecule has 0 saturated heterocycles. The summed E-state index contributed by atoms with van der Waals surface area (Å²) in [5, 5.41) is 19.5. The van der Waals surface area contributed by atoms with E-state index in [2.05, 4.69) is 22.7 Å². The third-order valence-electron chi connectivity index (χ3n) is 1.75. The topological polar surface area (TPSA) is 113 Å². The molecule has 0 spiro atoms. The van der Waals surface area contributed by atoms with E-state index in [9.17, 15) is 14.4 Å². The number of carbonyl (C=O) groups is 3. The molecule has 0 aliphatic rings. The highest BCUT2D eigenvalue weighted by molar-refractivity contribution is 7.80. The molecule has 0 aliphatic carbocycles. The van der Waals surface area contributed by atoms with Gasteiger partial charge in [0.2, 0.25) is 0 Å². The molecule has 3 N–H and O–H groups in total. The van der Waals surface area contributed by atoms with E-state index in [0.717, 1.165) is 7.11 Å². The molecule has 0 aromatic rings. The van der Waals surface area contributed by atoms with Crippen LogP contribution in [0, 0.1) is 0 Å². The standard InChI is InChI=1S/C8H13NO6S/c1-15-8(14)5(3-16)9-4(7(12)13)2-6(10)11/h4-5,9,16H,2-3H2,1H3,(H,10,11)(H,12,13)/t4?,5-/m1/s1. The smallest absolute Gasteiger partial charge is 0.323 e. The second kappa shape index (κ2) is 7.07. The number of rotatable bonds is 7. The normalized spacial score (nSPS) is 13.9. The summed E-state index contributed by atoms with van der Waals surface area (Å²) >= 11 is 3.84. The Kier molecular flexibility index (Phi) is 6.50. The number of ether oxygens (including phenoxy) is 1. The summed E-state index contributed by atoms with van der Waals surface area (Å²) in [6, 6.07) is -2.30. The highest BCUT2D eigenvalue weighted by atomic mass is 32.1. The molecule has 0 saturated carbocycles. The van der Waals surface area contributed by atoms with Crippen LogP contribution in [0.1, 0.15) is 6.42 Å². The first-order valence-corrected chi connectivity index (χ1v) is 4.95. The van der Waals surface area contributed by atoms with Crippen molar-refractivity contribution in [3.8, 4) is 0 Å². The van der Waals surface area contributed by atoms with Gasteiger partial charge in [-0.2, -0.15) is 12.6 Å². The second-order valence-electron chi connectivity index (χ2n) is 2.91. The van der Waals surface area contributed by atoms with Crippen molar-refractivity contribution in [3.05, 3.63) is 0 Å². The number of hydrogen-bond acceptors (Lipinski definition) is 6. The SMILES string of the molecule is COC(=O)[C@@H](CS)NC(CC(=O)O)C(=O)O. The fourth-order valence-electron chi connectivity index (χ4n) is 0.973. The summed E-state index contributed by atoms with van der Waals surface area (Å²) < 4.78 is 4.40. The average molecular weight is 251 g/mol. The Bertz CT molecular complexity index is 282. The van der Waals surface area contributed by atoms with E-state index in [1.54, 1.807) is 0 Å². The van der Waals surface area contributed by atoms with Gasteiger partial charge in [-0.3, -0.25) is 19.7 Å². The zero-order valence-corrected chi connectivity index (χ0v) is 9.44. The molecular weight excluding hydrogens is 238 g/mol. The maximum Gasteiger partial charge on any atom is 0.323 e. The van der Waals surface area contributed by atoms with Crippen molar-refractivity contribution >= 4 is 30.5 Å². The minimum Gasteiger partial charge on any atom is -0.481 e. The van der Waals surface area contributed by atoms with E-state index >= 15 is 0 Å². The minimum absolute atomic E-state index is 0.00999. The van der Waals surface area contributed by atoms with Crippen LogP contribution in [-0.2, 0) is 19.1 Å².